The molecule has 0 radical (unpaired) electrons. The molecule has 3 aromatic rings. The number of rotatable bonds is 2. The number of aromatic amines is 1. The number of furan rings is 1. The predicted octanol–water partition coefficient (Wildman–Crippen LogP) is 2.88. The average molecular weight is 295 g/mol. The summed E-state index contributed by atoms with van der Waals surface area (Å²) in [6.45, 7) is 0. The average Bonchev–Trinajstić information content (AvgIpc) is 3.23. The van der Waals surface area contributed by atoms with Crippen LogP contribution >= 0.6 is 0 Å². The summed E-state index contributed by atoms with van der Waals surface area (Å²) in [4.78, 5) is 28.0. The minimum absolute atomic E-state index is 0.251. The van der Waals surface area contributed by atoms with Crippen LogP contribution in [0.25, 0.3) is 10.9 Å². The van der Waals surface area contributed by atoms with E-state index in [2.05, 4.69) is 4.98 Å². The van der Waals surface area contributed by atoms with Gasteiger partial charge in [0, 0.05) is 16.5 Å². The second kappa shape index (κ2) is 4.59. The first-order valence-corrected chi connectivity index (χ1v) is 6.98. The number of carbonyl (C=O) groups excluding carboxylic acids is 2. The number of ether oxygens (including phenoxy) is 1. The molecule has 2 heterocycles. The van der Waals surface area contributed by atoms with Gasteiger partial charge in [-0.1, -0.05) is 18.2 Å². The summed E-state index contributed by atoms with van der Waals surface area (Å²) in [6.07, 6.45) is 1.54. The summed E-state index contributed by atoms with van der Waals surface area (Å²) in [7, 11) is 1.29. The second-order valence-corrected chi connectivity index (χ2v) is 5.32. The summed E-state index contributed by atoms with van der Waals surface area (Å²) in [6, 6.07) is 11.2. The molecule has 4 rings (SSSR count). The minimum atomic E-state index is -0.901. The first kappa shape index (κ1) is 12.9. The van der Waals surface area contributed by atoms with Crippen LogP contribution in [0.5, 0.6) is 0 Å². The quantitative estimate of drug-likeness (QED) is 0.583. The molecule has 0 saturated heterocycles. The standard InChI is InChI=1S/C17H13NO4/c1-21-17(20)14-13(11-7-4-8-22-11)12-9-5-2-3-6-10(9)18-15(12)16(14)19/h2-8,13-14,18H,1H3/t13-,14+/m0/s1. The molecule has 22 heavy (non-hydrogen) atoms. The zero-order valence-electron chi connectivity index (χ0n) is 11.8. The molecule has 0 saturated carbocycles. The Bertz CT molecular complexity index is 875. The maximum atomic E-state index is 12.7. The van der Waals surface area contributed by atoms with E-state index in [0.29, 0.717) is 11.5 Å². The molecule has 1 N–H and O–H groups in total. The van der Waals surface area contributed by atoms with Crippen molar-refractivity contribution in [3.63, 3.8) is 0 Å². The second-order valence-electron chi connectivity index (χ2n) is 5.32. The first-order chi connectivity index (χ1) is 10.7. The summed E-state index contributed by atoms with van der Waals surface area (Å²) in [5, 5.41) is 0.929. The van der Waals surface area contributed by atoms with E-state index in [0.717, 1.165) is 16.5 Å². The van der Waals surface area contributed by atoms with E-state index >= 15 is 0 Å². The summed E-state index contributed by atoms with van der Waals surface area (Å²) in [5.74, 6) is -1.56. The smallest absolute Gasteiger partial charge is 0.317 e. The lowest BCUT2D eigenvalue weighted by Crippen LogP contribution is -2.26. The highest BCUT2D eigenvalue weighted by molar-refractivity contribution is 6.16. The molecule has 1 aliphatic carbocycles. The van der Waals surface area contributed by atoms with Crippen molar-refractivity contribution in [1.29, 1.82) is 0 Å². The highest BCUT2D eigenvalue weighted by atomic mass is 16.5. The van der Waals surface area contributed by atoms with E-state index < -0.39 is 17.8 Å². The van der Waals surface area contributed by atoms with Gasteiger partial charge in [-0.3, -0.25) is 9.59 Å². The van der Waals surface area contributed by atoms with Crippen LogP contribution in [0, 0.1) is 5.92 Å². The number of H-pyrrole nitrogens is 1. The fourth-order valence-electron chi connectivity index (χ4n) is 3.30. The number of esters is 1. The molecule has 110 valence electrons. The van der Waals surface area contributed by atoms with Crippen molar-refractivity contribution in [2.75, 3.05) is 7.11 Å². The van der Waals surface area contributed by atoms with Gasteiger partial charge in [-0.05, 0) is 18.2 Å². The maximum Gasteiger partial charge on any atom is 0.317 e. The number of carbonyl (C=O) groups is 2. The molecule has 1 aromatic carbocycles. The normalized spacial score (nSPS) is 20.3. The van der Waals surface area contributed by atoms with Gasteiger partial charge in [-0.25, -0.2) is 0 Å². The lowest BCUT2D eigenvalue weighted by Gasteiger charge is -2.15. The molecular weight excluding hydrogens is 282 g/mol. The van der Waals surface area contributed by atoms with Gasteiger partial charge in [0.15, 0.2) is 5.78 Å². The molecule has 0 unspecified atom stereocenters. The van der Waals surface area contributed by atoms with Gasteiger partial charge >= 0.3 is 5.97 Å². The van der Waals surface area contributed by atoms with Crippen LogP contribution in [0.4, 0.5) is 0 Å². The van der Waals surface area contributed by atoms with E-state index in [9.17, 15) is 9.59 Å². The van der Waals surface area contributed by atoms with Crippen molar-refractivity contribution in [3.05, 3.63) is 59.7 Å². The monoisotopic (exact) mass is 295 g/mol. The van der Waals surface area contributed by atoms with Gasteiger partial charge in [0.1, 0.15) is 11.7 Å². The molecule has 5 heteroatoms. The molecule has 5 nitrogen and oxygen atoms in total. The lowest BCUT2D eigenvalue weighted by molar-refractivity contribution is -0.143. The van der Waals surface area contributed by atoms with Crippen LogP contribution in [-0.4, -0.2) is 23.8 Å². The minimum Gasteiger partial charge on any atom is -0.469 e. The van der Waals surface area contributed by atoms with Crippen LogP contribution in [-0.2, 0) is 9.53 Å². The Morgan fingerprint density at radius 1 is 1.23 bits per heavy atom. The Labute approximate surface area is 125 Å². The number of ketones is 1. The number of fused-ring (bicyclic) bond motifs is 3. The molecular formula is C17H13NO4. The lowest BCUT2D eigenvalue weighted by atomic mass is 9.88. The highest BCUT2D eigenvalue weighted by Gasteiger charge is 2.49. The van der Waals surface area contributed by atoms with Gasteiger partial charge in [-0.15, -0.1) is 0 Å². The molecule has 2 atom stereocenters. The number of methoxy groups -OCH3 is 1. The topological polar surface area (TPSA) is 72.3 Å². The van der Waals surface area contributed by atoms with Crippen molar-refractivity contribution in [1.82, 2.24) is 4.98 Å². The number of Topliss-reactive ketones (excluding diaryl/α,β-unsaturated/α-hetero) is 1. The largest absolute Gasteiger partial charge is 0.469 e. The molecule has 0 bridgehead atoms. The van der Waals surface area contributed by atoms with Crippen LogP contribution < -0.4 is 0 Å². The third-order valence-corrected chi connectivity index (χ3v) is 4.22. The third-order valence-electron chi connectivity index (χ3n) is 4.22. The third kappa shape index (κ3) is 1.59. The summed E-state index contributed by atoms with van der Waals surface area (Å²) < 4.78 is 10.3. The number of hydrogen-bond acceptors (Lipinski definition) is 4. The zero-order chi connectivity index (χ0) is 15.3. The van der Waals surface area contributed by atoms with Crippen molar-refractivity contribution in [2.45, 2.75) is 5.92 Å². The van der Waals surface area contributed by atoms with Crippen LogP contribution in [0.2, 0.25) is 0 Å². The molecule has 0 spiro atoms. The Balaban J connectivity index is 2.00. The van der Waals surface area contributed by atoms with E-state index in [1.165, 1.54) is 7.11 Å². The molecule has 0 fully saturated rings. The first-order valence-electron chi connectivity index (χ1n) is 6.98. The number of benzene rings is 1. The van der Waals surface area contributed by atoms with Gasteiger partial charge in [-0.2, -0.15) is 0 Å². The van der Waals surface area contributed by atoms with E-state index in [4.69, 9.17) is 9.15 Å². The van der Waals surface area contributed by atoms with E-state index in [-0.39, 0.29) is 5.78 Å². The van der Waals surface area contributed by atoms with Gasteiger partial charge < -0.3 is 14.1 Å². The Morgan fingerprint density at radius 3 is 2.77 bits per heavy atom. The maximum absolute atomic E-state index is 12.7. The van der Waals surface area contributed by atoms with E-state index in [1.54, 1.807) is 18.4 Å². The van der Waals surface area contributed by atoms with Gasteiger partial charge in [0.25, 0.3) is 0 Å². The highest BCUT2D eigenvalue weighted by Crippen LogP contribution is 2.46. The summed E-state index contributed by atoms with van der Waals surface area (Å²) >= 11 is 0. The molecule has 1 aliphatic rings. The zero-order valence-corrected chi connectivity index (χ0v) is 11.8. The fourth-order valence-corrected chi connectivity index (χ4v) is 3.30. The number of aromatic nitrogens is 1. The van der Waals surface area contributed by atoms with Gasteiger partial charge in [0.2, 0.25) is 0 Å². The Hall–Kier alpha value is -2.82. The number of nitrogens with one attached hydrogen (secondary N) is 1. The van der Waals surface area contributed by atoms with Crippen LogP contribution in [0.15, 0.2) is 47.1 Å². The van der Waals surface area contributed by atoms with Crippen molar-refractivity contribution in [3.8, 4) is 0 Å². The number of para-hydroxylation sites is 1. The van der Waals surface area contributed by atoms with Gasteiger partial charge in [0.05, 0.1) is 25.0 Å². The molecule has 2 aromatic heterocycles. The molecule has 0 aliphatic heterocycles. The van der Waals surface area contributed by atoms with Crippen LogP contribution in [0.3, 0.4) is 0 Å². The van der Waals surface area contributed by atoms with Crippen molar-refractivity contribution < 1.29 is 18.7 Å². The summed E-state index contributed by atoms with van der Waals surface area (Å²) in [5.41, 5.74) is 2.16. The molecule has 0 amide bonds. The number of hydrogen-bond donors (Lipinski definition) is 1. The predicted molar refractivity (Wildman–Crippen MR) is 78.7 cm³/mol. The van der Waals surface area contributed by atoms with Crippen molar-refractivity contribution in [2.24, 2.45) is 5.92 Å². The SMILES string of the molecule is COC(=O)[C@H]1C(=O)c2[nH]c3ccccc3c2[C@@H]1c1ccco1. The van der Waals surface area contributed by atoms with Crippen molar-refractivity contribution >= 4 is 22.7 Å². The Morgan fingerprint density at radius 2 is 2.05 bits per heavy atom. The van der Waals surface area contributed by atoms with Crippen LogP contribution in [0.1, 0.15) is 27.7 Å². The fraction of sp³-hybridized carbons (Fsp3) is 0.176. The Kier molecular flexibility index (Phi) is 2.69. The van der Waals surface area contributed by atoms with E-state index in [1.807, 2.05) is 24.3 Å².